The molecule has 1 saturated carbocycles. The van der Waals surface area contributed by atoms with E-state index in [9.17, 15) is 5.11 Å². The molecule has 0 bridgehead atoms. The third-order valence-electron chi connectivity index (χ3n) is 5.22. The van der Waals surface area contributed by atoms with E-state index in [0.29, 0.717) is 10.0 Å². The largest absolute Gasteiger partial charge is 0.386 e. The maximum atomic E-state index is 11.1. The Balaban J connectivity index is 1.90. The lowest BCUT2D eigenvalue weighted by atomic mass is 9.83. The van der Waals surface area contributed by atoms with E-state index in [1.54, 1.807) is 6.07 Å². The molecule has 0 aromatic heterocycles. The zero-order valence-corrected chi connectivity index (χ0v) is 13.8. The smallest absolute Gasteiger partial charge is 0.0974 e. The number of nitrogens with zero attached hydrogens (tertiary/aromatic N) is 1. The van der Waals surface area contributed by atoms with E-state index in [0.717, 1.165) is 31.5 Å². The van der Waals surface area contributed by atoms with Crippen LogP contribution in [-0.2, 0) is 0 Å². The Morgan fingerprint density at radius 1 is 0.952 bits per heavy atom. The van der Waals surface area contributed by atoms with Crippen molar-refractivity contribution < 1.29 is 5.11 Å². The Bertz CT molecular complexity index is 494. The van der Waals surface area contributed by atoms with Crippen LogP contribution in [-0.4, -0.2) is 28.6 Å². The quantitative estimate of drug-likeness (QED) is 0.859. The molecule has 1 aromatic carbocycles. The fourth-order valence-corrected chi connectivity index (χ4v) is 4.39. The summed E-state index contributed by atoms with van der Waals surface area (Å²) >= 11 is 12.1. The number of aliphatic hydroxyl groups is 1. The van der Waals surface area contributed by atoms with Crippen molar-refractivity contribution in [3.05, 3.63) is 33.8 Å². The number of likely N-dealkylation sites (tertiary alicyclic amines) is 1. The van der Waals surface area contributed by atoms with Gasteiger partial charge in [0.1, 0.15) is 0 Å². The van der Waals surface area contributed by atoms with E-state index < -0.39 is 6.10 Å². The molecule has 2 nitrogen and oxygen atoms in total. The number of rotatable bonds is 3. The number of aliphatic hydroxyl groups excluding tert-OH is 1. The van der Waals surface area contributed by atoms with Crippen LogP contribution in [0.15, 0.2) is 18.2 Å². The Kier molecular flexibility index (Phi) is 4.80. The van der Waals surface area contributed by atoms with Gasteiger partial charge in [-0.3, -0.25) is 4.90 Å². The van der Waals surface area contributed by atoms with Crippen LogP contribution in [0.25, 0.3) is 0 Å². The van der Waals surface area contributed by atoms with Crippen LogP contribution in [0, 0.1) is 0 Å². The molecule has 2 fully saturated rings. The molecule has 0 radical (unpaired) electrons. The molecule has 0 amide bonds. The van der Waals surface area contributed by atoms with E-state index in [4.69, 9.17) is 23.2 Å². The van der Waals surface area contributed by atoms with Crippen molar-refractivity contribution >= 4 is 23.2 Å². The minimum absolute atomic E-state index is 0.0996. The SMILES string of the molecule is OC(c1ccc(Cl)c(Cl)c1)C1(N2CCCCC2)CCCC1. The molecule has 2 aliphatic rings. The van der Waals surface area contributed by atoms with Gasteiger partial charge in [0.05, 0.1) is 21.7 Å². The number of benzene rings is 1. The van der Waals surface area contributed by atoms with Gasteiger partial charge in [-0.15, -0.1) is 0 Å². The molecule has 4 heteroatoms. The molecule has 1 heterocycles. The molecular weight excluding hydrogens is 305 g/mol. The average Bonchev–Trinajstić information content (AvgIpc) is 3.01. The first-order valence-corrected chi connectivity index (χ1v) is 8.77. The maximum Gasteiger partial charge on any atom is 0.0974 e. The van der Waals surface area contributed by atoms with Crippen molar-refractivity contribution in [2.75, 3.05) is 13.1 Å². The predicted octanol–water partition coefficient (Wildman–Crippen LogP) is 4.83. The van der Waals surface area contributed by atoms with E-state index in [1.807, 2.05) is 12.1 Å². The summed E-state index contributed by atoms with van der Waals surface area (Å²) in [6.45, 7) is 2.22. The van der Waals surface area contributed by atoms with Crippen molar-refractivity contribution in [2.24, 2.45) is 0 Å². The highest BCUT2D eigenvalue weighted by Gasteiger charge is 2.46. The van der Waals surface area contributed by atoms with Gasteiger partial charge in [-0.25, -0.2) is 0 Å². The second kappa shape index (κ2) is 6.45. The number of piperidine rings is 1. The van der Waals surface area contributed by atoms with Crippen LogP contribution in [0.1, 0.15) is 56.6 Å². The van der Waals surface area contributed by atoms with Crippen molar-refractivity contribution in [3.63, 3.8) is 0 Å². The Labute approximate surface area is 137 Å². The summed E-state index contributed by atoms with van der Waals surface area (Å²) in [6, 6.07) is 5.54. The van der Waals surface area contributed by atoms with Gasteiger partial charge >= 0.3 is 0 Å². The van der Waals surface area contributed by atoms with Crippen LogP contribution in [0.2, 0.25) is 10.0 Å². The van der Waals surface area contributed by atoms with Crippen LogP contribution in [0.3, 0.4) is 0 Å². The highest BCUT2D eigenvalue weighted by molar-refractivity contribution is 6.42. The first kappa shape index (κ1) is 15.6. The molecular formula is C17H23Cl2NO. The van der Waals surface area contributed by atoms with Crippen LogP contribution in [0.5, 0.6) is 0 Å². The van der Waals surface area contributed by atoms with E-state index in [1.165, 1.54) is 32.1 Å². The first-order valence-electron chi connectivity index (χ1n) is 8.01. The lowest BCUT2D eigenvalue weighted by Gasteiger charge is -2.46. The molecule has 116 valence electrons. The van der Waals surface area contributed by atoms with Crippen molar-refractivity contribution in [1.82, 2.24) is 4.90 Å². The topological polar surface area (TPSA) is 23.5 Å². The Morgan fingerprint density at radius 2 is 1.62 bits per heavy atom. The Morgan fingerprint density at radius 3 is 2.24 bits per heavy atom. The lowest BCUT2D eigenvalue weighted by Crippen LogP contribution is -2.53. The molecule has 1 aliphatic heterocycles. The highest BCUT2D eigenvalue weighted by Crippen LogP contribution is 2.46. The number of hydrogen-bond acceptors (Lipinski definition) is 2. The average molecular weight is 328 g/mol. The minimum atomic E-state index is -0.479. The van der Waals surface area contributed by atoms with Gasteiger partial charge in [-0.1, -0.05) is 48.5 Å². The predicted molar refractivity (Wildman–Crippen MR) is 88.0 cm³/mol. The minimum Gasteiger partial charge on any atom is -0.386 e. The summed E-state index contributed by atoms with van der Waals surface area (Å²) < 4.78 is 0. The fraction of sp³-hybridized carbons (Fsp3) is 0.647. The second-order valence-corrected chi connectivity index (χ2v) is 7.25. The summed E-state index contributed by atoms with van der Waals surface area (Å²) in [7, 11) is 0. The fourth-order valence-electron chi connectivity index (χ4n) is 4.08. The zero-order valence-electron chi connectivity index (χ0n) is 12.3. The standard InChI is InChI=1S/C17H23Cl2NO/c18-14-7-6-13(12-15(14)19)16(21)17(8-2-3-9-17)20-10-4-1-5-11-20/h6-7,12,16,21H,1-5,8-11H2. The van der Waals surface area contributed by atoms with Gasteiger partial charge in [-0.05, 0) is 56.5 Å². The molecule has 1 aliphatic carbocycles. The monoisotopic (exact) mass is 327 g/mol. The van der Waals surface area contributed by atoms with Crippen molar-refractivity contribution in [3.8, 4) is 0 Å². The zero-order chi connectivity index (χ0) is 14.9. The summed E-state index contributed by atoms with van der Waals surface area (Å²) in [6.07, 6.45) is 7.89. The second-order valence-electron chi connectivity index (χ2n) is 6.43. The summed E-state index contributed by atoms with van der Waals surface area (Å²) in [5, 5.41) is 12.2. The van der Waals surface area contributed by atoms with Crippen molar-refractivity contribution in [2.45, 2.75) is 56.6 Å². The van der Waals surface area contributed by atoms with Gasteiger partial charge in [0, 0.05) is 0 Å². The molecule has 3 rings (SSSR count). The molecule has 1 atom stereocenters. The molecule has 1 saturated heterocycles. The van der Waals surface area contributed by atoms with E-state index in [-0.39, 0.29) is 5.54 Å². The Hall–Kier alpha value is -0.280. The molecule has 1 unspecified atom stereocenters. The summed E-state index contributed by atoms with van der Waals surface area (Å²) in [5.41, 5.74) is 0.800. The van der Waals surface area contributed by atoms with E-state index >= 15 is 0 Å². The van der Waals surface area contributed by atoms with Gasteiger partial charge in [0.2, 0.25) is 0 Å². The third kappa shape index (κ3) is 2.96. The van der Waals surface area contributed by atoms with Gasteiger partial charge < -0.3 is 5.11 Å². The normalized spacial score (nSPS) is 24.1. The number of halogens is 2. The number of hydrogen-bond donors (Lipinski definition) is 1. The molecule has 0 spiro atoms. The highest BCUT2D eigenvalue weighted by atomic mass is 35.5. The van der Waals surface area contributed by atoms with Gasteiger partial charge in [0.25, 0.3) is 0 Å². The summed E-state index contributed by atoms with van der Waals surface area (Å²) in [5.74, 6) is 0. The maximum absolute atomic E-state index is 11.1. The van der Waals surface area contributed by atoms with Gasteiger partial charge in [0.15, 0.2) is 0 Å². The van der Waals surface area contributed by atoms with Crippen LogP contribution < -0.4 is 0 Å². The van der Waals surface area contributed by atoms with Crippen LogP contribution in [0.4, 0.5) is 0 Å². The third-order valence-corrected chi connectivity index (χ3v) is 5.96. The lowest BCUT2D eigenvalue weighted by molar-refractivity contribution is -0.0405. The van der Waals surface area contributed by atoms with Crippen molar-refractivity contribution in [1.29, 1.82) is 0 Å². The van der Waals surface area contributed by atoms with E-state index in [2.05, 4.69) is 4.90 Å². The van der Waals surface area contributed by atoms with Gasteiger partial charge in [-0.2, -0.15) is 0 Å². The molecule has 21 heavy (non-hydrogen) atoms. The van der Waals surface area contributed by atoms with Crippen LogP contribution >= 0.6 is 23.2 Å². The first-order chi connectivity index (χ1) is 10.1. The molecule has 1 aromatic rings. The molecule has 1 N–H and O–H groups in total. The summed E-state index contributed by atoms with van der Waals surface area (Å²) in [4.78, 5) is 2.54.